The summed E-state index contributed by atoms with van der Waals surface area (Å²) in [7, 11) is 7.77. The molecular formula is C31H42N3O4+. The lowest BCUT2D eigenvalue weighted by Gasteiger charge is -2.36. The fraction of sp³-hybridized carbons (Fsp3) is 0.484. The van der Waals surface area contributed by atoms with Gasteiger partial charge in [-0.2, -0.15) is 0 Å². The number of aromatic nitrogens is 1. The lowest BCUT2D eigenvalue weighted by atomic mass is 9.73. The highest BCUT2D eigenvalue weighted by atomic mass is 16.5. The largest absolute Gasteiger partial charge is 0.436 e. The Bertz CT molecular complexity index is 1170. The van der Waals surface area contributed by atoms with Crippen molar-refractivity contribution in [2.75, 3.05) is 41.3 Å². The lowest BCUT2D eigenvalue weighted by molar-refractivity contribution is -0.905. The number of quaternary nitrogens is 1. The van der Waals surface area contributed by atoms with Gasteiger partial charge in [0.05, 0.1) is 33.5 Å². The highest BCUT2D eigenvalue weighted by Gasteiger charge is 2.44. The van der Waals surface area contributed by atoms with E-state index in [0.717, 1.165) is 49.1 Å². The molecule has 1 fully saturated rings. The maximum Gasteiger partial charge on any atom is 0.253 e. The van der Waals surface area contributed by atoms with Crippen LogP contribution in [0.5, 0.6) is 0 Å². The van der Waals surface area contributed by atoms with Gasteiger partial charge in [-0.25, -0.2) is 4.98 Å². The highest BCUT2D eigenvalue weighted by molar-refractivity contribution is 5.93. The highest BCUT2D eigenvalue weighted by Crippen LogP contribution is 2.43. The summed E-state index contributed by atoms with van der Waals surface area (Å²) in [5.41, 5.74) is 1.34. The fourth-order valence-corrected chi connectivity index (χ4v) is 5.31. The van der Waals surface area contributed by atoms with Gasteiger partial charge in [-0.15, -0.1) is 0 Å². The molecule has 7 nitrogen and oxygen atoms in total. The third-order valence-corrected chi connectivity index (χ3v) is 7.59. The Hall–Kier alpha value is -3.00. The molecular weight excluding hydrogens is 478 g/mol. The van der Waals surface area contributed by atoms with Gasteiger partial charge in [0.2, 0.25) is 5.89 Å². The predicted octanol–water partition coefficient (Wildman–Crippen LogP) is 4.99. The van der Waals surface area contributed by atoms with E-state index < -0.39 is 5.60 Å². The number of carbonyl (C=O) groups is 1. The summed E-state index contributed by atoms with van der Waals surface area (Å²) < 4.78 is 12.9. The zero-order chi connectivity index (χ0) is 27.2. The molecule has 204 valence electrons. The van der Waals surface area contributed by atoms with Gasteiger partial charge in [-0.3, -0.25) is 4.79 Å². The first-order valence-corrected chi connectivity index (χ1v) is 13.6. The molecule has 1 saturated carbocycles. The topological polar surface area (TPSA) is 75.8 Å². The number of hydrogen-bond donors (Lipinski definition) is 1. The number of ether oxygens (including phenoxy) is 1. The second-order valence-corrected chi connectivity index (χ2v) is 11.4. The molecule has 0 spiro atoms. The summed E-state index contributed by atoms with van der Waals surface area (Å²) >= 11 is 0. The molecule has 4 rings (SSSR count). The molecule has 2 aromatic carbocycles. The molecule has 0 bridgehead atoms. The van der Waals surface area contributed by atoms with Crippen molar-refractivity contribution in [2.45, 2.75) is 50.9 Å². The minimum absolute atomic E-state index is 0.00644. The van der Waals surface area contributed by atoms with Gasteiger partial charge in [-0.05, 0) is 36.1 Å². The minimum atomic E-state index is -1.22. The molecule has 3 aromatic rings. The number of amides is 1. The third-order valence-electron chi connectivity index (χ3n) is 7.59. The van der Waals surface area contributed by atoms with Crippen molar-refractivity contribution < 1.29 is 23.5 Å². The van der Waals surface area contributed by atoms with E-state index in [9.17, 15) is 9.90 Å². The second-order valence-electron chi connectivity index (χ2n) is 11.4. The number of rotatable bonds is 11. The van der Waals surface area contributed by atoms with Crippen LogP contribution in [0.15, 0.2) is 65.2 Å². The normalized spacial score (nSPS) is 16.2. The number of nitrogens with zero attached hydrogens (tertiary/aromatic N) is 3. The van der Waals surface area contributed by atoms with Crippen LogP contribution in [0.25, 0.3) is 0 Å². The van der Waals surface area contributed by atoms with Gasteiger partial charge >= 0.3 is 0 Å². The molecule has 1 heterocycles. The van der Waals surface area contributed by atoms with Gasteiger partial charge in [0, 0.05) is 25.6 Å². The summed E-state index contributed by atoms with van der Waals surface area (Å²) in [6.07, 6.45) is 7.16. The number of aliphatic hydroxyl groups is 1. The van der Waals surface area contributed by atoms with E-state index in [1.807, 2.05) is 54.6 Å². The molecule has 38 heavy (non-hydrogen) atoms. The van der Waals surface area contributed by atoms with E-state index in [1.54, 1.807) is 25.2 Å². The zero-order valence-corrected chi connectivity index (χ0v) is 23.2. The van der Waals surface area contributed by atoms with E-state index in [2.05, 4.69) is 19.1 Å². The number of likely N-dealkylation sites (N-methyl/N-ethyl adjacent to an activating group) is 1. The first kappa shape index (κ1) is 28.0. The van der Waals surface area contributed by atoms with Crippen molar-refractivity contribution in [1.82, 2.24) is 9.88 Å². The van der Waals surface area contributed by atoms with E-state index in [1.165, 1.54) is 6.42 Å². The SMILES string of the molecule is CN(C)C(=O)c1ccc(COCC[N+](C)(C)Cc2cnc(C(O)(c3ccccc3)C3CCCCC3)o2)cc1. The van der Waals surface area contributed by atoms with Crippen molar-refractivity contribution in [2.24, 2.45) is 5.92 Å². The van der Waals surface area contributed by atoms with Crippen LogP contribution in [0.4, 0.5) is 0 Å². The Morgan fingerprint density at radius 2 is 1.76 bits per heavy atom. The van der Waals surface area contributed by atoms with E-state index in [4.69, 9.17) is 9.15 Å². The molecule has 1 aromatic heterocycles. The van der Waals surface area contributed by atoms with Gasteiger partial charge in [0.15, 0.2) is 11.4 Å². The molecule has 0 radical (unpaired) electrons. The molecule has 0 aliphatic heterocycles. The molecule has 1 aliphatic rings. The lowest BCUT2D eigenvalue weighted by Crippen LogP contribution is -2.41. The van der Waals surface area contributed by atoms with Crippen molar-refractivity contribution >= 4 is 5.91 Å². The van der Waals surface area contributed by atoms with Crippen LogP contribution in [0.2, 0.25) is 0 Å². The molecule has 7 heteroatoms. The molecule has 1 atom stereocenters. The Labute approximate surface area is 226 Å². The van der Waals surface area contributed by atoms with Crippen LogP contribution >= 0.6 is 0 Å². The van der Waals surface area contributed by atoms with Crippen LogP contribution in [-0.2, 0) is 23.5 Å². The summed E-state index contributed by atoms with van der Waals surface area (Å²) in [4.78, 5) is 18.2. The van der Waals surface area contributed by atoms with E-state index in [0.29, 0.717) is 35.7 Å². The Kier molecular flexibility index (Phi) is 9.03. The van der Waals surface area contributed by atoms with Gasteiger partial charge in [-0.1, -0.05) is 61.7 Å². The van der Waals surface area contributed by atoms with Crippen LogP contribution in [0.1, 0.15) is 65.2 Å². The van der Waals surface area contributed by atoms with E-state index in [-0.39, 0.29) is 11.8 Å². The molecule has 1 aliphatic carbocycles. The standard InChI is InChI=1S/C31H42N3O4/c1-33(2)29(35)25-17-15-24(16-18-25)23-37-20-19-34(3,4)22-28-21-32-30(38-28)31(36,26-11-7-5-8-12-26)27-13-9-6-10-14-27/h5,7-8,11-12,15-18,21,27,36H,6,9-10,13-14,19-20,22-23H2,1-4H3/q+1. The summed E-state index contributed by atoms with van der Waals surface area (Å²) in [6, 6.07) is 17.4. The Morgan fingerprint density at radius 3 is 2.42 bits per heavy atom. The van der Waals surface area contributed by atoms with Crippen LogP contribution in [-0.4, -0.2) is 66.7 Å². The van der Waals surface area contributed by atoms with Crippen molar-refractivity contribution in [3.8, 4) is 0 Å². The van der Waals surface area contributed by atoms with Gasteiger partial charge in [0.25, 0.3) is 5.91 Å². The minimum Gasteiger partial charge on any atom is -0.436 e. The Morgan fingerprint density at radius 1 is 1.08 bits per heavy atom. The monoisotopic (exact) mass is 520 g/mol. The number of hydrogen-bond acceptors (Lipinski definition) is 5. The molecule has 1 unspecified atom stereocenters. The van der Waals surface area contributed by atoms with Crippen LogP contribution < -0.4 is 0 Å². The van der Waals surface area contributed by atoms with Crippen molar-refractivity contribution in [3.05, 3.63) is 89.1 Å². The second kappa shape index (κ2) is 12.2. The van der Waals surface area contributed by atoms with Crippen LogP contribution in [0.3, 0.4) is 0 Å². The summed E-state index contributed by atoms with van der Waals surface area (Å²) in [5.74, 6) is 1.25. The summed E-state index contributed by atoms with van der Waals surface area (Å²) in [5, 5.41) is 12.0. The number of oxazole rings is 1. The number of benzene rings is 2. The first-order chi connectivity index (χ1) is 18.2. The van der Waals surface area contributed by atoms with Crippen molar-refractivity contribution in [1.29, 1.82) is 0 Å². The summed E-state index contributed by atoms with van der Waals surface area (Å²) in [6.45, 7) is 2.52. The van der Waals surface area contributed by atoms with Gasteiger partial charge in [0.1, 0.15) is 13.1 Å². The van der Waals surface area contributed by atoms with Gasteiger partial charge < -0.3 is 23.6 Å². The zero-order valence-electron chi connectivity index (χ0n) is 23.2. The average molecular weight is 521 g/mol. The molecule has 1 amide bonds. The van der Waals surface area contributed by atoms with Crippen molar-refractivity contribution in [3.63, 3.8) is 0 Å². The molecule has 1 N–H and O–H groups in total. The van der Waals surface area contributed by atoms with Crippen LogP contribution in [0, 0.1) is 5.92 Å². The smallest absolute Gasteiger partial charge is 0.253 e. The average Bonchev–Trinajstić information content (AvgIpc) is 3.39. The van der Waals surface area contributed by atoms with E-state index >= 15 is 0 Å². The Balaban J connectivity index is 1.35. The predicted molar refractivity (Wildman–Crippen MR) is 147 cm³/mol. The maximum absolute atomic E-state index is 12.1. The maximum atomic E-state index is 12.1. The number of carbonyl (C=O) groups excluding carboxylic acids is 1. The third kappa shape index (κ3) is 6.70. The fourth-order valence-electron chi connectivity index (χ4n) is 5.31. The quantitative estimate of drug-likeness (QED) is 0.285. The first-order valence-electron chi connectivity index (χ1n) is 13.6. The molecule has 0 saturated heterocycles.